The van der Waals surface area contributed by atoms with E-state index >= 15 is 0 Å². The Morgan fingerprint density at radius 2 is 2.14 bits per heavy atom. The molecule has 4 heterocycles. The summed E-state index contributed by atoms with van der Waals surface area (Å²) in [5, 5.41) is 16.9. The van der Waals surface area contributed by atoms with Gasteiger partial charge in [0.15, 0.2) is 17.2 Å². The highest BCUT2D eigenvalue weighted by Gasteiger charge is 2.21. The minimum absolute atomic E-state index is 0.0657. The Morgan fingerprint density at radius 3 is 2.94 bits per heavy atom. The standard InChI is InChI=1S/C24H29N7O3S/c1-15-7-8-18-17(12-26-31(18)20-6-4-5-10-34-20)21(15)27-23(32)19-13-25-24(35-19)28-22-16(2)14-30(29-22)9-11-33-3/h7-8,12-14,20H,4-6,9-11H2,1-3H3,(H,27,32)(H,25,28,29). The van der Waals surface area contributed by atoms with Crippen molar-refractivity contribution in [1.29, 1.82) is 0 Å². The third-order valence-corrected chi connectivity index (χ3v) is 6.99. The second-order valence-electron chi connectivity index (χ2n) is 8.63. The number of rotatable bonds is 8. The molecule has 2 N–H and O–H groups in total. The maximum atomic E-state index is 13.1. The summed E-state index contributed by atoms with van der Waals surface area (Å²) in [5.74, 6) is 0.496. The average Bonchev–Trinajstić information content (AvgIpc) is 3.59. The zero-order chi connectivity index (χ0) is 24.4. The number of methoxy groups -OCH3 is 1. The first-order valence-corrected chi connectivity index (χ1v) is 12.5. The van der Waals surface area contributed by atoms with E-state index in [4.69, 9.17) is 9.47 Å². The molecule has 0 bridgehead atoms. The number of carbonyl (C=O) groups is 1. The quantitative estimate of drug-likeness (QED) is 0.366. The minimum Gasteiger partial charge on any atom is -0.383 e. The van der Waals surface area contributed by atoms with Gasteiger partial charge in [0.25, 0.3) is 5.91 Å². The molecule has 0 saturated carbocycles. The Bertz CT molecular complexity index is 1340. The van der Waals surface area contributed by atoms with E-state index in [1.807, 2.05) is 41.5 Å². The lowest BCUT2D eigenvalue weighted by Crippen LogP contribution is -2.19. The second-order valence-corrected chi connectivity index (χ2v) is 9.66. The van der Waals surface area contributed by atoms with Crippen LogP contribution in [0.3, 0.4) is 0 Å². The summed E-state index contributed by atoms with van der Waals surface area (Å²) in [5.41, 5.74) is 3.66. The second kappa shape index (κ2) is 10.1. The van der Waals surface area contributed by atoms with Crippen LogP contribution in [0.25, 0.3) is 10.9 Å². The van der Waals surface area contributed by atoms with Gasteiger partial charge in [-0.3, -0.25) is 9.48 Å². The van der Waals surface area contributed by atoms with E-state index in [2.05, 4.69) is 25.8 Å². The molecule has 184 valence electrons. The van der Waals surface area contributed by atoms with Crippen molar-refractivity contribution in [2.45, 2.75) is 45.9 Å². The summed E-state index contributed by atoms with van der Waals surface area (Å²) < 4.78 is 14.8. The first-order valence-electron chi connectivity index (χ1n) is 11.7. The Labute approximate surface area is 207 Å². The van der Waals surface area contributed by atoms with Crippen molar-refractivity contribution in [1.82, 2.24) is 24.5 Å². The van der Waals surface area contributed by atoms with Gasteiger partial charge in [-0.05, 0) is 44.7 Å². The number of aromatic nitrogens is 5. The molecule has 35 heavy (non-hydrogen) atoms. The summed E-state index contributed by atoms with van der Waals surface area (Å²) in [7, 11) is 1.66. The molecule has 1 fully saturated rings. The van der Waals surface area contributed by atoms with Crippen LogP contribution in [0.15, 0.2) is 30.7 Å². The van der Waals surface area contributed by atoms with Gasteiger partial charge in [-0.1, -0.05) is 17.4 Å². The topological polar surface area (TPSA) is 108 Å². The fraction of sp³-hybridized carbons (Fsp3) is 0.417. The minimum atomic E-state index is -0.213. The molecule has 1 saturated heterocycles. The number of thiazole rings is 1. The monoisotopic (exact) mass is 495 g/mol. The molecule has 1 aliphatic rings. The summed E-state index contributed by atoms with van der Waals surface area (Å²) in [6, 6.07) is 4.04. The Kier molecular flexibility index (Phi) is 6.80. The van der Waals surface area contributed by atoms with E-state index in [0.29, 0.717) is 29.0 Å². The van der Waals surface area contributed by atoms with Gasteiger partial charge in [0, 0.05) is 30.9 Å². The van der Waals surface area contributed by atoms with Gasteiger partial charge in [-0.2, -0.15) is 10.2 Å². The lowest BCUT2D eigenvalue weighted by molar-refractivity contribution is -0.0366. The molecule has 0 spiro atoms. The van der Waals surface area contributed by atoms with Gasteiger partial charge in [0.1, 0.15) is 4.88 Å². The number of fused-ring (bicyclic) bond motifs is 1. The number of amides is 1. The van der Waals surface area contributed by atoms with Gasteiger partial charge in [0.2, 0.25) is 0 Å². The summed E-state index contributed by atoms with van der Waals surface area (Å²) >= 11 is 1.28. The number of benzene rings is 1. The fourth-order valence-corrected chi connectivity index (χ4v) is 4.91. The summed E-state index contributed by atoms with van der Waals surface area (Å²) in [6.45, 7) is 5.95. The lowest BCUT2D eigenvalue weighted by atomic mass is 10.1. The molecule has 0 radical (unpaired) electrons. The predicted molar refractivity (Wildman–Crippen MR) is 135 cm³/mol. The molecule has 3 aromatic heterocycles. The molecule has 1 aromatic carbocycles. The van der Waals surface area contributed by atoms with Gasteiger partial charge < -0.3 is 20.1 Å². The number of hydrogen-bond donors (Lipinski definition) is 2. The third kappa shape index (κ3) is 4.93. The van der Waals surface area contributed by atoms with Gasteiger partial charge in [0.05, 0.1) is 36.7 Å². The largest absolute Gasteiger partial charge is 0.383 e. The van der Waals surface area contributed by atoms with Gasteiger partial charge in [-0.15, -0.1) is 0 Å². The van der Waals surface area contributed by atoms with Crippen LogP contribution in [-0.2, 0) is 16.0 Å². The van der Waals surface area contributed by atoms with E-state index in [0.717, 1.165) is 53.6 Å². The van der Waals surface area contributed by atoms with Crippen molar-refractivity contribution in [3.8, 4) is 0 Å². The summed E-state index contributed by atoms with van der Waals surface area (Å²) in [4.78, 5) is 18.0. The third-order valence-electron chi connectivity index (χ3n) is 6.08. The van der Waals surface area contributed by atoms with Crippen molar-refractivity contribution in [2.24, 2.45) is 0 Å². The van der Waals surface area contributed by atoms with Crippen molar-refractivity contribution in [2.75, 3.05) is 31.0 Å². The lowest BCUT2D eigenvalue weighted by Gasteiger charge is -2.23. The van der Waals surface area contributed by atoms with E-state index in [-0.39, 0.29) is 12.1 Å². The zero-order valence-electron chi connectivity index (χ0n) is 20.1. The number of nitrogens with zero attached hydrogens (tertiary/aromatic N) is 5. The Balaban J connectivity index is 1.32. The number of carbonyl (C=O) groups excluding carboxylic acids is 1. The average molecular weight is 496 g/mol. The van der Waals surface area contributed by atoms with Crippen LogP contribution < -0.4 is 10.6 Å². The number of ether oxygens (including phenoxy) is 2. The van der Waals surface area contributed by atoms with Crippen LogP contribution in [0, 0.1) is 13.8 Å². The van der Waals surface area contributed by atoms with Crippen LogP contribution in [0.5, 0.6) is 0 Å². The number of hydrogen-bond acceptors (Lipinski definition) is 8. The van der Waals surface area contributed by atoms with Crippen molar-refractivity contribution in [3.05, 3.63) is 46.7 Å². The maximum Gasteiger partial charge on any atom is 0.267 e. The zero-order valence-corrected chi connectivity index (χ0v) is 20.9. The first kappa shape index (κ1) is 23.5. The highest BCUT2D eigenvalue weighted by Crippen LogP contribution is 2.32. The van der Waals surface area contributed by atoms with E-state index in [1.165, 1.54) is 11.3 Å². The SMILES string of the molecule is COCCn1cc(C)c(Nc2ncc(C(=O)Nc3c(C)ccc4c3cnn4C3CCCCO3)s2)n1. The molecule has 0 aliphatic carbocycles. The molecule has 1 atom stereocenters. The smallest absolute Gasteiger partial charge is 0.267 e. The maximum absolute atomic E-state index is 13.1. The van der Waals surface area contributed by atoms with Crippen molar-refractivity contribution in [3.63, 3.8) is 0 Å². The van der Waals surface area contributed by atoms with Crippen molar-refractivity contribution >= 4 is 44.8 Å². The Morgan fingerprint density at radius 1 is 1.26 bits per heavy atom. The summed E-state index contributed by atoms with van der Waals surface area (Å²) in [6.07, 6.45) is 8.40. The van der Waals surface area contributed by atoms with Crippen LogP contribution in [0.1, 0.15) is 46.3 Å². The van der Waals surface area contributed by atoms with Crippen LogP contribution >= 0.6 is 11.3 Å². The molecular weight excluding hydrogens is 466 g/mol. The molecule has 11 heteroatoms. The number of aryl methyl sites for hydroxylation is 2. The van der Waals surface area contributed by atoms with E-state index in [1.54, 1.807) is 19.5 Å². The molecular formula is C24H29N7O3S. The number of anilines is 3. The normalized spacial score (nSPS) is 16.0. The fourth-order valence-electron chi connectivity index (χ4n) is 4.20. The van der Waals surface area contributed by atoms with E-state index in [9.17, 15) is 4.79 Å². The van der Waals surface area contributed by atoms with Gasteiger partial charge >= 0.3 is 0 Å². The highest BCUT2D eigenvalue weighted by molar-refractivity contribution is 7.17. The predicted octanol–water partition coefficient (Wildman–Crippen LogP) is 4.65. The van der Waals surface area contributed by atoms with E-state index < -0.39 is 0 Å². The van der Waals surface area contributed by atoms with Crippen LogP contribution in [-0.4, -0.2) is 50.8 Å². The Hall–Kier alpha value is -3.28. The molecule has 10 nitrogen and oxygen atoms in total. The molecule has 4 aromatic rings. The van der Waals surface area contributed by atoms with Crippen molar-refractivity contribution < 1.29 is 14.3 Å². The van der Waals surface area contributed by atoms with Crippen LogP contribution in [0.2, 0.25) is 0 Å². The molecule has 1 unspecified atom stereocenters. The molecule has 1 aliphatic heterocycles. The molecule has 1 amide bonds. The number of nitrogens with one attached hydrogen (secondary N) is 2. The highest BCUT2D eigenvalue weighted by atomic mass is 32.1. The molecule has 5 rings (SSSR count). The van der Waals surface area contributed by atoms with Gasteiger partial charge in [-0.25, -0.2) is 9.67 Å². The van der Waals surface area contributed by atoms with Crippen LogP contribution in [0.4, 0.5) is 16.6 Å². The first-order chi connectivity index (χ1) is 17.0.